The smallest absolute Gasteiger partial charge is 0.329 e. The molecule has 0 radical (unpaired) electrons. The Balaban J connectivity index is 2.23. The van der Waals surface area contributed by atoms with E-state index >= 15 is 0 Å². The van der Waals surface area contributed by atoms with Gasteiger partial charge in [0.2, 0.25) is 5.91 Å². The second-order valence-electron chi connectivity index (χ2n) is 10.1. The lowest BCUT2D eigenvalue weighted by Crippen LogP contribution is -2.47. The van der Waals surface area contributed by atoms with Crippen molar-refractivity contribution >= 4 is 17.8 Å². The number of carbonyl (C=O) groups excluding carboxylic acids is 3. The van der Waals surface area contributed by atoms with Crippen LogP contribution in [0.2, 0.25) is 0 Å². The van der Waals surface area contributed by atoms with E-state index < -0.39 is 18.1 Å². The number of esters is 1. The molecule has 1 aromatic heterocycles. The van der Waals surface area contributed by atoms with Gasteiger partial charge in [-0.2, -0.15) is 0 Å². The van der Waals surface area contributed by atoms with Crippen LogP contribution in [0.4, 0.5) is 0 Å². The number of rotatable bonds is 20. The molecule has 0 saturated heterocycles. The molecule has 0 aliphatic rings. The van der Waals surface area contributed by atoms with E-state index in [4.69, 9.17) is 4.74 Å². The Labute approximate surface area is 246 Å². The van der Waals surface area contributed by atoms with Gasteiger partial charge in [-0.3, -0.25) is 14.6 Å². The molecule has 0 spiro atoms. The van der Waals surface area contributed by atoms with Crippen LogP contribution in [0.25, 0.3) is 0 Å². The Morgan fingerprint density at radius 3 is 2.00 bits per heavy atom. The average molecular weight is 564 g/mol. The van der Waals surface area contributed by atoms with Gasteiger partial charge in [-0.05, 0) is 69.9 Å². The topological polar surface area (TPSA) is 97.4 Å². The molecule has 1 rings (SSSR count). The van der Waals surface area contributed by atoms with Crippen LogP contribution in [0.5, 0.6) is 0 Å². The normalized spacial score (nSPS) is 13.6. The molecule has 1 heterocycles. The molecule has 41 heavy (non-hydrogen) atoms. The molecule has 7 heteroatoms. The van der Waals surface area contributed by atoms with Gasteiger partial charge >= 0.3 is 5.97 Å². The summed E-state index contributed by atoms with van der Waals surface area (Å²) in [4.78, 5) is 41.2. The maximum absolute atomic E-state index is 12.7. The third-order valence-electron chi connectivity index (χ3n) is 5.96. The Hall–Kier alpha value is -3.74. The first kappa shape index (κ1) is 35.3. The van der Waals surface area contributed by atoms with Crippen LogP contribution >= 0.6 is 0 Å². The van der Waals surface area contributed by atoms with E-state index in [1.807, 2.05) is 13.8 Å². The first-order chi connectivity index (χ1) is 19.8. The Bertz CT molecular complexity index is 1030. The number of unbranched alkanes of at least 4 members (excludes halogenated alkanes) is 1. The van der Waals surface area contributed by atoms with Crippen molar-refractivity contribution < 1.29 is 19.1 Å². The number of ether oxygens (including phenoxy) is 1. The molecular weight excluding hydrogens is 514 g/mol. The van der Waals surface area contributed by atoms with Crippen LogP contribution in [0.15, 0.2) is 85.3 Å². The lowest BCUT2D eigenvalue weighted by molar-refractivity contribution is -0.153. The van der Waals surface area contributed by atoms with Crippen molar-refractivity contribution in [3.63, 3.8) is 0 Å². The number of amides is 2. The molecule has 224 valence electrons. The zero-order chi connectivity index (χ0) is 30.1. The summed E-state index contributed by atoms with van der Waals surface area (Å²) in [5, 5.41) is 5.54. The molecular formula is C34H49N3O4. The lowest BCUT2D eigenvalue weighted by atomic mass is 10.0. The molecule has 0 unspecified atom stereocenters. The Morgan fingerprint density at radius 1 is 0.878 bits per heavy atom. The molecule has 0 aliphatic heterocycles. The monoisotopic (exact) mass is 563 g/mol. The standard InChI is InChI=1S/C34H49N3O4/c1-5-6-7-8-9-10-11-12-13-14-15-16-17-18-19-20-21-24-31(38)37-32(28(2)3)34(40)41-29(4)26-36-33(39)30-23-22-25-35-27-30/h6-7,9-10,12-13,15-16,18-19,22-23,25,27-29,32H,5,8,11,14,17,20-21,24,26H2,1-4H3,(H,36,39)(H,37,38)/t29-,32+/m1/s1. The van der Waals surface area contributed by atoms with Crippen LogP contribution in [-0.2, 0) is 14.3 Å². The Morgan fingerprint density at radius 2 is 1.46 bits per heavy atom. The third-order valence-corrected chi connectivity index (χ3v) is 5.96. The summed E-state index contributed by atoms with van der Waals surface area (Å²) in [6.45, 7) is 7.72. The van der Waals surface area contributed by atoms with Crippen LogP contribution in [0.3, 0.4) is 0 Å². The molecule has 0 saturated carbocycles. The highest BCUT2D eigenvalue weighted by Crippen LogP contribution is 2.08. The van der Waals surface area contributed by atoms with Crippen molar-refractivity contribution in [1.29, 1.82) is 0 Å². The molecule has 0 bridgehead atoms. The second-order valence-corrected chi connectivity index (χ2v) is 10.1. The number of hydrogen-bond acceptors (Lipinski definition) is 5. The number of allylic oxidation sites excluding steroid dienone is 10. The van der Waals surface area contributed by atoms with Gasteiger partial charge < -0.3 is 15.4 Å². The second kappa shape index (κ2) is 23.0. The van der Waals surface area contributed by atoms with Crippen LogP contribution in [-0.4, -0.2) is 41.5 Å². The van der Waals surface area contributed by atoms with Gasteiger partial charge in [0.1, 0.15) is 12.1 Å². The summed E-state index contributed by atoms with van der Waals surface area (Å²) >= 11 is 0. The van der Waals surface area contributed by atoms with E-state index in [2.05, 4.69) is 83.3 Å². The molecule has 2 N–H and O–H groups in total. The minimum atomic E-state index is -0.743. The highest BCUT2D eigenvalue weighted by molar-refractivity contribution is 5.93. The van der Waals surface area contributed by atoms with E-state index in [1.54, 1.807) is 25.3 Å². The minimum Gasteiger partial charge on any atom is -0.459 e. The van der Waals surface area contributed by atoms with E-state index in [-0.39, 0.29) is 24.3 Å². The summed E-state index contributed by atoms with van der Waals surface area (Å²) in [7, 11) is 0. The van der Waals surface area contributed by atoms with Gasteiger partial charge in [-0.1, -0.05) is 81.5 Å². The van der Waals surface area contributed by atoms with E-state index in [0.717, 1.165) is 38.5 Å². The number of aromatic nitrogens is 1. The number of nitrogens with zero attached hydrogens (tertiary/aromatic N) is 1. The van der Waals surface area contributed by atoms with Crippen LogP contribution in [0.1, 0.15) is 89.4 Å². The van der Waals surface area contributed by atoms with Crippen LogP contribution < -0.4 is 10.6 Å². The van der Waals surface area contributed by atoms with E-state index in [1.165, 1.54) is 6.20 Å². The van der Waals surface area contributed by atoms with Gasteiger partial charge in [0, 0.05) is 18.8 Å². The average Bonchev–Trinajstić information content (AvgIpc) is 2.96. The van der Waals surface area contributed by atoms with Gasteiger partial charge in [-0.15, -0.1) is 0 Å². The Kier molecular flexibility index (Phi) is 19.8. The highest BCUT2D eigenvalue weighted by atomic mass is 16.5. The maximum Gasteiger partial charge on any atom is 0.329 e. The van der Waals surface area contributed by atoms with Crippen molar-refractivity contribution in [1.82, 2.24) is 15.6 Å². The third kappa shape index (κ3) is 18.3. The summed E-state index contributed by atoms with van der Waals surface area (Å²) < 4.78 is 5.49. The van der Waals surface area contributed by atoms with Gasteiger partial charge in [0.05, 0.1) is 12.1 Å². The van der Waals surface area contributed by atoms with E-state index in [0.29, 0.717) is 18.4 Å². The zero-order valence-electron chi connectivity index (χ0n) is 25.3. The fraction of sp³-hybridized carbons (Fsp3) is 0.471. The SMILES string of the molecule is CCC=CCC=CCC=CCC=CCC=CCCCC(=O)N[C@H](C(=O)O[C@H](C)CNC(=O)c1cccnc1)C(C)C. The molecule has 0 aromatic carbocycles. The highest BCUT2D eigenvalue weighted by Gasteiger charge is 2.27. The maximum atomic E-state index is 12.7. The molecule has 7 nitrogen and oxygen atoms in total. The van der Waals surface area contributed by atoms with Crippen molar-refractivity contribution in [3.8, 4) is 0 Å². The molecule has 0 fully saturated rings. The molecule has 2 amide bonds. The number of pyridine rings is 1. The number of carbonyl (C=O) groups is 3. The quantitative estimate of drug-likeness (QED) is 0.103. The summed E-state index contributed by atoms with van der Waals surface area (Å²) in [5.41, 5.74) is 0.433. The molecule has 2 atom stereocenters. The van der Waals surface area contributed by atoms with Crippen molar-refractivity contribution in [2.75, 3.05) is 6.54 Å². The van der Waals surface area contributed by atoms with Gasteiger partial charge in [0.25, 0.3) is 5.91 Å². The predicted octanol–water partition coefficient (Wildman–Crippen LogP) is 6.81. The summed E-state index contributed by atoms with van der Waals surface area (Å²) in [6.07, 6.45) is 30.8. The first-order valence-electron chi connectivity index (χ1n) is 14.8. The molecule has 1 aromatic rings. The van der Waals surface area contributed by atoms with Crippen molar-refractivity contribution in [2.45, 2.75) is 91.2 Å². The summed E-state index contributed by atoms with van der Waals surface area (Å²) in [5.74, 6) is -1.10. The van der Waals surface area contributed by atoms with Crippen LogP contribution in [0, 0.1) is 5.92 Å². The van der Waals surface area contributed by atoms with Crippen molar-refractivity contribution in [3.05, 3.63) is 90.9 Å². The number of hydrogen-bond donors (Lipinski definition) is 2. The van der Waals surface area contributed by atoms with Gasteiger partial charge in [-0.25, -0.2) is 4.79 Å². The van der Waals surface area contributed by atoms with Gasteiger partial charge in [0.15, 0.2) is 0 Å². The first-order valence-corrected chi connectivity index (χ1v) is 14.8. The predicted molar refractivity (Wildman–Crippen MR) is 167 cm³/mol. The fourth-order valence-corrected chi connectivity index (χ4v) is 3.64. The minimum absolute atomic E-state index is 0.130. The fourth-order valence-electron chi connectivity index (χ4n) is 3.64. The molecule has 0 aliphatic carbocycles. The zero-order valence-corrected chi connectivity index (χ0v) is 25.3. The lowest BCUT2D eigenvalue weighted by Gasteiger charge is -2.23. The van der Waals surface area contributed by atoms with E-state index in [9.17, 15) is 14.4 Å². The largest absolute Gasteiger partial charge is 0.459 e. The summed E-state index contributed by atoms with van der Waals surface area (Å²) in [6, 6.07) is 2.59. The number of nitrogens with one attached hydrogen (secondary N) is 2. The van der Waals surface area contributed by atoms with Crippen molar-refractivity contribution in [2.24, 2.45) is 5.92 Å².